The van der Waals surface area contributed by atoms with Gasteiger partial charge in [0.25, 0.3) is 0 Å². The van der Waals surface area contributed by atoms with Crippen LogP contribution >= 0.6 is 0 Å². The first-order valence-corrected chi connectivity index (χ1v) is 9.47. The Labute approximate surface area is 166 Å². The number of hydrogen-bond acceptors (Lipinski definition) is 3. The lowest BCUT2D eigenvalue weighted by Crippen LogP contribution is -2.10. The van der Waals surface area contributed by atoms with Gasteiger partial charge >= 0.3 is 0 Å². The van der Waals surface area contributed by atoms with Crippen molar-refractivity contribution in [3.63, 3.8) is 0 Å². The molecule has 0 amide bonds. The van der Waals surface area contributed by atoms with Gasteiger partial charge in [0.05, 0.1) is 22.8 Å². The highest BCUT2D eigenvalue weighted by Gasteiger charge is 2.15. The van der Waals surface area contributed by atoms with E-state index in [1.165, 1.54) is 5.56 Å². The molecule has 0 N–H and O–H groups in total. The molecule has 138 valence electrons. The minimum Gasteiger partial charge on any atom is -0.255 e. The van der Waals surface area contributed by atoms with Gasteiger partial charge in [0, 0.05) is 18.0 Å². The molecule has 3 aromatic heterocycles. The van der Waals surface area contributed by atoms with Gasteiger partial charge in [0.1, 0.15) is 0 Å². The van der Waals surface area contributed by atoms with Crippen molar-refractivity contribution in [2.75, 3.05) is 0 Å². The number of nitrogens with zero attached hydrogens (tertiary/aromatic N) is 3. The summed E-state index contributed by atoms with van der Waals surface area (Å²) in [6.07, 6.45) is 3.60. The first kappa shape index (κ1) is 18.1. The zero-order valence-corrected chi connectivity index (χ0v) is 16.4. The Morgan fingerprint density at radius 3 is 2.04 bits per heavy atom. The van der Waals surface area contributed by atoms with E-state index in [0.717, 1.165) is 33.9 Å². The third kappa shape index (κ3) is 3.70. The standard InChI is InChI=1S/C25H23N3/c1-25(2,3)19-14-12-18(13-15-19)20-8-7-17-27-24(20)23-11-6-10-22(28-23)21-9-4-5-16-26-21/h4-17H,1-3H3. The Hall–Kier alpha value is -3.33. The van der Waals surface area contributed by atoms with E-state index < -0.39 is 0 Å². The Morgan fingerprint density at radius 2 is 1.32 bits per heavy atom. The van der Waals surface area contributed by atoms with Crippen molar-refractivity contribution in [3.8, 4) is 33.9 Å². The second kappa shape index (κ2) is 7.35. The summed E-state index contributed by atoms with van der Waals surface area (Å²) < 4.78 is 0. The van der Waals surface area contributed by atoms with Crippen LogP contribution in [0.25, 0.3) is 33.9 Å². The second-order valence-corrected chi connectivity index (χ2v) is 7.85. The molecule has 0 spiro atoms. The largest absolute Gasteiger partial charge is 0.255 e. The van der Waals surface area contributed by atoms with Crippen molar-refractivity contribution in [2.24, 2.45) is 0 Å². The van der Waals surface area contributed by atoms with E-state index in [4.69, 9.17) is 4.98 Å². The summed E-state index contributed by atoms with van der Waals surface area (Å²) in [6, 6.07) is 24.6. The third-order valence-electron chi connectivity index (χ3n) is 4.79. The topological polar surface area (TPSA) is 38.7 Å². The van der Waals surface area contributed by atoms with Crippen LogP contribution in [0.4, 0.5) is 0 Å². The summed E-state index contributed by atoms with van der Waals surface area (Å²) in [5.74, 6) is 0. The monoisotopic (exact) mass is 365 g/mol. The molecule has 0 aliphatic heterocycles. The molecule has 0 radical (unpaired) electrons. The van der Waals surface area contributed by atoms with Gasteiger partial charge in [-0.1, -0.05) is 63.2 Å². The molecule has 0 unspecified atom stereocenters. The Balaban J connectivity index is 1.77. The number of rotatable bonds is 3. The van der Waals surface area contributed by atoms with E-state index in [2.05, 4.69) is 61.1 Å². The average molecular weight is 365 g/mol. The molecular formula is C25H23N3. The van der Waals surface area contributed by atoms with Gasteiger partial charge in [-0.2, -0.15) is 0 Å². The molecule has 1 aromatic carbocycles. The van der Waals surface area contributed by atoms with Crippen LogP contribution in [0.2, 0.25) is 0 Å². The van der Waals surface area contributed by atoms with Crippen LogP contribution in [0.1, 0.15) is 26.3 Å². The SMILES string of the molecule is CC(C)(C)c1ccc(-c2cccnc2-c2cccc(-c3ccccn3)n2)cc1. The Kier molecular flexibility index (Phi) is 4.74. The van der Waals surface area contributed by atoms with E-state index in [9.17, 15) is 0 Å². The molecule has 0 aliphatic carbocycles. The summed E-state index contributed by atoms with van der Waals surface area (Å²) >= 11 is 0. The Morgan fingerprint density at radius 1 is 0.607 bits per heavy atom. The molecule has 3 heteroatoms. The highest BCUT2D eigenvalue weighted by Crippen LogP contribution is 2.32. The lowest BCUT2D eigenvalue weighted by molar-refractivity contribution is 0.590. The lowest BCUT2D eigenvalue weighted by Gasteiger charge is -2.19. The molecule has 4 rings (SSSR count). The summed E-state index contributed by atoms with van der Waals surface area (Å²) in [5, 5.41) is 0. The fourth-order valence-corrected chi connectivity index (χ4v) is 3.22. The maximum Gasteiger partial charge on any atom is 0.0964 e. The predicted molar refractivity (Wildman–Crippen MR) is 115 cm³/mol. The Bertz CT molecular complexity index is 1080. The van der Waals surface area contributed by atoms with Gasteiger partial charge < -0.3 is 0 Å². The molecule has 0 saturated heterocycles. The van der Waals surface area contributed by atoms with E-state index in [1.54, 1.807) is 6.20 Å². The summed E-state index contributed by atoms with van der Waals surface area (Å²) in [5.41, 5.74) is 7.10. The lowest BCUT2D eigenvalue weighted by atomic mass is 9.86. The van der Waals surface area contributed by atoms with Crippen LogP contribution in [0.5, 0.6) is 0 Å². The first-order chi connectivity index (χ1) is 13.5. The highest BCUT2D eigenvalue weighted by molar-refractivity contribution is 5.79. The van der Waals surface area contributed by atoms with Crippen molar-refractivity contribution in [3.05, 3.63) is 90.8 Å². The van der Waals surface area contributed by atoms with Gasteiger partial charge in [-0.05, 0) is 46.9 Å². The smallest absolute Gasteiger partial charge is 0.0964 e. The molecule has 0 saturated carbocycles. The van der Waals surface area contributed by atoms with Crippen molar-refractivity contribution < 1.29 is 0 Å². The number of pyridine rings is 3. The molecule has 0 aliphatic rings. The van der Waals surface area contributed by atoms with Crippen LogP contribution in [0.3, 0.4) is 0 Å². The molecule has 3 heterocycles. The van der Waals surface area contributed by atoms with Crippen molar-refractivity contribution >= 4 is 0 Å². The van der Waals surface area contributed by atoms with Gasteiger partial charge in [-0.3, -0.25) is 9.97 Å². The molecule has 0 bridgehead atoms. The fourth-order valence-electron chi connectivity index (χ4n) is 3.22. The summed E-state index contributed by atoms with van der Waals surface area (Å²) in [6.45, 7) is 6.68. The summed E-state index contributed by atoms with van der Waals surface area (Å²) in [7, 11) is 0. The number of aromatic nitrogens is 3. The van der Waals surface area contributed by atoms with Crippen LogP contribution < -0.4 is 0 Å². The first-order valence-electron chi connectivity index (χ1n) is 9.47. The molecule has 0 atom stereocenters. The number of benzene rings is 1. The quantitative estimate of drug-likeness (QED) is 0.436. The van der Waals surface area contributed by atoms with Gasteiger partial charge in [0.15, 0.2) is 0 Å². The zero-order chi connectivity index (χ0) is 19.6. The minimum absolute atomic E-state index is 0.134. The minimum atomic E-state index is 0.134. The van der Waals surface area contributed by atoms with Gasteiger partial charge in [-0.25, -0.2) is 4.98 Å². The summed E-state index contributed by atoms with van der Waals surface area (Å²) in [4.78, 5) is 13.9. The second-order valence-electron chi connectivity index (χ2n) is 7.85. The van der Waals surface area contributed by atoms with Crippen LogP contribution in [0.15, 0.2) is 85.2 Å². The van der Waals surface area contributed by atoms with Crippen molar-refractivity contribution in [1.82, 2.24) is 15.0 Å². The molecule has 28 heavy (non-hydrogen) atoms. The number of hydrogen-bond donors (Lipinski definition) is 0. The maximum atomic E-state index is 4.83. The van der Waals surface area contributed by atoms with Crippen molar-refractivity contribution in [2.45, 2.75) is 26.2 Å². The molecule has 0 fully saturated rings. The molecule has 3 nitrogen and oxygen atoms in total. The van der Waals surface area contributed by atoms with Crippen LogP contribution in [0, 0.1) is 0 Å². The molecular weight excluding hydrogens is 342 g/mol. The van der Waals surface area contributed by atoms with E-state index in [0.29, 0.717) is 0 Å². The normalized spacial score (nSPS) is 11.4. The third-order valence-corrected chi connectivity index (χ3v) is 4.79. The molecule has 4 aromatic rings. The van der Waals surface area contributed by atoms with E-state index in [-0.39, 0.29) is 5.41 Å². The maximum absolute atomic E-state index is 4.83. The van der Waals surface area contributed by atoms with E-state index in [1.807, 2.05) is 48.7 Å². The highest BCUT2D eigenvalue weighted by atomic mass is 14.8. The van der Waals surface area contributed by atoms with Gasteiger partial charge in [0.2, 0.25) is 0 Å². The van der Waals surface area contributed by atoms with E-state index >= 15 is 0 Å². The van der Waals surface area contributed by atoms with Crippen LogP contribution in [-0.2, 0) is 5.41 Å². The van der Waals surface area contributed by atoms with Crippen molar-refractivity contribution in [1.29, 1.82) is 0 Å². The fraction of sp³-hybridized carbons (Fsp3) is 0.160. The average Bonchev–Trinajstić information content (AvgIpc) is 2.74. The van der Waals surface area contributed by atoms with Crippen LogP contribution in [-0.4, -0.2) is 15.0 Å². The zero-order valence-electron chi connectivity index (χ0n) is 16.4. The predicted octanol–water partition coefficient (Wildman–Crippen LogP) is 6.17. The van der Waals surface area contributed by atoms with Gasteiger partial charge in [-0.15, -0.1) is 0 Å².